The maximum absolute atomic E-state index is 13.1. The molecule has 1 aliphatic rings. The molecule has 4 nitrogen and oxygen atoms in total. The van der Waals surface area contributed by atoms with Crippen molar-refractivity contribution >= 4 is 5.69 Å². The Balaban J connectivity index is 1.59. The van der Waals surface area contributed by atoms with Gasteiger partial charge in [-0.05, 0) is 54.6 Å². The first-order valence-electron chi connectivity index (χ1n) is 8.21. The molecule has 0 amide bonds. The molecule has 4 rings (SSSR count). The summed E-state index contributed by atoms with van der Waals surface area (Å²) in [7, 11) is 1.66. The van der Waals surface area contributed by atoms with Crippen molar-refractivity contribution in [2.45, 2.75) is 6.23 Å². The summed E-state index contributed by atoms with van der Waals surface area (Å²) in [6, 6.07) is 16.5. The quantitative estimate of drug-likeness (QED) is 0.715. The Labute approximate surface area is 146 Å². The minimum atomic E-state index is -0.235. The minimum Gasteiger partial charge on any atom is -0.497 e. The second-order valence-electron chi connectivity index (χ2n) is 5.94. The molecule has 1 atom stereocenters. The maximum atomic E-state index is 13.1. The van der Waals surface area contributed by atoms with Crippen molar-refractivity contribution in [3.05, 3.63) is 78.4 Å². The van der Waals surface area contributed by atoms with Crippen LogP contribution in [0.5, 0.6) is 5.75 Å². The Morgan fingerprint density at radius 2 is 1.72 bits per heavy atom. The summed E-state index contributed by atoms with van der Waals surface area (Å²) in [5.74, 6) is 0.601. The van der Waals surface area contributed by atoms with E-state index < -0.39 is 0 Å². The number of aromatic nitrogens is 1. The molecule has 1 aliphatic heterocycles. The summed E-state index contributed by atoms with van der Waals surface area (Å²) >= 11 is 0. The molecule has 0 aliphatic carbocycles. The van der Waals surface area contributed by atoms with Crippen LogP contribution in [-0.2, 0) is 4.74 Å². The molecule has 128 valence electrons. The molecule has 1 saturated heterocycles. The van der Waals surface area contributed by atoms with Crippen molar-refractivity contribution in [3.63, 3.8) is 0 Å². The van der Waals surface area contributed by atoms with Crippen LogP contribution in [0.25, 0.3) is 5.69 Å². The van der Waals surface area contributed by atoms with Crippen molar-refractivity contribution in [1.29, 1.82) is 0 Å². The first kappa shape index (κ1) is 15.7. The van der Waals surface area contributed by atoms with E-state index in [-0.39, 0.29) is 12.0 Å². The van der Waals surface area contributed by atoms with E-state index in [9.17, 15) is 4.39 Å². The molecule has 0 bridgehead atoms. The molecule has 2 aromatic carbocycles. The fraction of sp³-hybridized carbons (Fsp3) is 0.200. The molecule has 3 aromatic rings. The molecule has 0 spiro atoms. The van der Waals surface area contributed by atoms with E-state index in [2.05, 4.69) is 4.90 Å². The van der Waals surface area contributed by atoms with E-state index in [1.165, 1.54) is 12.1 Å². The number of benzene rings is 2. The Morgan fingerprint density at radius 1 is 1.00 bits per heavy atom. The van der Waals surface area contributed by atoms with Crippen LogP contribution in [0.2, 0.25) is 0 Å². The van der Waals surface area contributed by atoms with Gasteiger partial charge in [0.25, 0.3) is 0 Å². The predicted octanol–water partition coefficient (Wildman–Crippen LogP) is 4.16. The molecular weight excluding hydrogens is 319 g/mol. The van der Waals surface area contributed by atoms with Crippen LogP contribution in [0.3, 0.4) is 0 Å². The van der Waals surface area contributed by atoms with Crippen LogP contribution in [0.4, 0.5) is 10.1 Å². The number of hydrogen-bond acceptors (Lipinski definition) is 3. The van der Waals surface area contributed by atoms with Crippen LogP contribution in [0, 0.1) is 5.82 Å². The third-order valence-electron chi connectivity index (χ3n) is 4.42. The van der Waals surface area contributed by atoms with Crippen LogP contribution < -0.4 is 9.64 Å². The van der Waals surface area contributed by atoms with Crippen LogP contribution in [0.15, 0.2) is 67.0 Å². The second kappa shape index (κ2) is 6.61. The van der Waals surface area contributed by atoms with Gasteiger partial charge in [0.1, 0.15) is 11.6 Å². The molecule has 0 unspecified atom stereocenters. The second-order valence-corrected chi connectivity index (χ2v) is 5.94. The fourth-order valence-corrected chi connectivity index (χ4v) is 3.12. The summed E-state index contributed by atoms with van der Waals surface area (Å²) in [5.41, 5.74) is 3.08. The van der Waals surface area contributed by atoms with Gasteiger partial charge in [-0.2, -0.15) is 0 Å². The van der Waals surface area contributed by atoms with Gasteiger partial charge in [-0.1, -0.05) is 0 Å². The minimum absolute atomic E-state index is 0.130. The highest BCUT2D eigenvalue weighted by Gasteiger charge is 2.28. The van der Waals surface area contributed by atoms with Crippen molar-refractivity contribution in [1.82, 2.24) is 4.57 Å². The monoisotopic (exact) mass is 338 g/mol. The van der Waals surface area contributed by atoms with Crippen molar-refractivity contribution in [2.24, 2.45) is 0 Å². The summed E-state index contributed by atoms with van der Waals surface area (Å²) in [6.07, 6.45) is 3.87. The van der Waals surface area contributed by atoms with Gasteiger partial charge in [0.15, 0.2) is 6.23 Å². The molecule has 0 radical (unpaired) electrons. The van der Waals surface area contributed by atoms with E-state index in [0.717, 1.165) is 29.2 Å². The Morgan fingerprint density at radius 3 is 2.44 bits per heavy atom. The number of hydrogen-bond donors (Lipinski definition) is 0. The highest BCUT2D eigenvalue weighted by Crippen LogP contribution is 2.33. The smallest absolute Gasteiger partial charge is 0.158 e. The molecular formula is C20H19FN2O2. The van der Waals surface area contributed by atoms with Crippen LogP contribution in [0.1, 0.15) is 11.8 Å². The largest absolute Gasteiger partial charge is 0.497 e. The van der Waals surface area contributed by atoms with Gasteiger partial charge in [-0.15, -0.1) is 0 Å². The van der Waals surface area contributed by atoms with Gasteiger partial charge in [0.2, 0.25) is 0 Å². The molecule has 2 heterocycles. The molecule has 25 heavy (non-hydrogen) atoms. The first-order valence-corrected chi connectivity index (χ1v) is 8.21. The Hall–Kier alpha value is -2.79. The fourth-order valence-electron chi connectivity index (χ4n) is 3.12. The third-order valence-corrected chi connectivity index (χ3v) is 4.42. The lowest BCUT2D eigenvalue weighted by atomic mass is 10.2. The predicted molar refractivity (Wildman–Crippen MR) is 94.8 cm³/mol. The first-order chi connectivity index (χ1) is 12.2. The normalized spacial score (nSPS) is 17.0. The Bertz CT molecular complexity index is 843. The lowest BCUT2D eigenvalue weighted by molar-refractivity contribution is 0.114. The number of rotatable bonds is 4. The summed E-state index contributed by atoms with van der Waals surface area (Å²) < 4.78 is 26.3. The summed E-state index contributed by atoms with van der Waals surface area (Å²) in [5, 5.41) is 0. The average molecular weight is 338 g/mol. The van der Waals surface area contributed by atoms with E-state index in [1.807, 2.05) is 47.3 Å². The number of anilines is 1. The van der Waals surface area contributed by atoms with E-state index in [4.69, 9.17) is 9.47 Å². The third kappa shape index (κ3) is 3.10. The molecule has 5 heteroatoms. The highest BCUT2D eigenvalue weighted by atomic mass is 19.1. The zero-order valence-electron chi connectivity index (χ0n) is 13.9. The summed E-state index contributed by atoms with van der Waals surface area (Å²) in [6.45, 7) is 1.51. The lowest BCUT2D eigenvalue weighted by Gasteiger charge is -2.24. The number of nitrogens with zero attached hydrogens (tertiary/aromatic N) is 2. The van der Waals surface area contributed by atoms with E-state index in [1.54, 1.807) is 19.2 Å². The molecule has 0 saturated carbocycles. The highest BCUT2D eigenvalue weighted by molar-refractivity contribution is 5.51. The van der Waals surface area contributed by atoms with Crippen LogP contribution in [-0.4, -0.2) is 24.8 Å². The van der Waals surface area contributed by atoms with Crippen LogP contribution >= 0.6 is 0 Å². The number of halogens is 1. The van der Waals surface area contributed by atoms with Crippen molar-refractivity contribution < 1.29 is 13.9 Å². The van der Waals surface area contributed by atoms with E-state index >= 15 is 0 Å². The Kier molecular flexibility index (Phi) is 4.15. The van der Waals surface area contributed by atoms with Gasteiger partial charge in [-0.25, -0.2) is 4.39 Å². The molecule has 1 fully saturated rings. The van der Waals surface area contributed by atoms with Crippen molar-refractivity contribution in [3.8, 4) is 11.4 Å². The molecule has 0 N–H and O–H groups in total. The summed E-state index contributed by atoms with van der Waals surface area (Å²) in [4.78, 5) is 2.23. The van der Waals surface area contributed by atoms with Crippen molar-refractivity contribution in [2.75, 3.05) is 25.2 Å². The standard InChI is InChI=1S/C20H19FN2O2/c1-24-19-8-6-18(7-9-19)23-12-13-25-20(23)15-10-11-22(14-15)17-4-2-16(21)3-5-17/h2-11,14,20H,12-13H2,1H3/t20-/m1/s1. The molecule has 1 aromatic heterocycles. The topological polar surface area (TPSA) is 26.6 Å². The van der Waals surface area contributed by atoms with Gasteiger partial charge >= 0.3 is 0 Å². The van der Waals surface area contributed by atoms with E-state index in [0.29, 0.717) is 6.61 Å². The van der Waals surface area contributed by atoms with Gasteiger partial charge in [-0.3, -0.25) is 0 Å². The van der Waals surface area contributed by atoms with Gasteiger partial charge in [0.05, 0.1) is 13.7 Å². The maximum Gasteiger partial charge on any atom is 0.158 e. The zero-order valence-corrected chi connectivity index (χ0v) is 13.9. The number of methoxy groups -OCH3 is 1. The zero-order chi connectivity index (χ0) is 17.2. The van der Waals surface area contributed by atoms with Gasteiger partial charge in [0, 0.05) is 35.9 Å². The number of ether oxygens (including phenoxy) is 2. The van der Waals surface area contributed by atoms with Gasteiger partial charge < -0.3 is 18.9 Å². The lowest BCUT2D eigenvalue weighted by Crippen LogP contribution is -2.22. The SMILES string of the molecule is COc1ccc(N2CCO[C@@H]2c2ccn(-c3ccc(F)cc3)c2)cc1. The average Bonchev–Trinajstić information content (AvgIpc) is 3.31.